The first-order chi connectivity index (χ1) is 6.22. The van der Waals surface area contributed by atoms with Crippen molar-refractivity contribution in [1.82, 2.24) is 14.8 Å². The Bertz CT molecular complexity index is 501. The summed E-state index contributed by atoms with van der Waals surface area (Å²) >= 11 is 1.22. The Morgan fingerprint density at radius 3 is 3.15 bits per heavy atom. The van der Waals surface area contributed by atoms with Gasteiger partial charge in [0, 0.05) is 7.05 Å². The highest BCUT2D eigenvalue weighted by Crippen LogP contribution is 2.20. The zero-order valence-corrected chi connectivity index (χ0v) is 7.63. The zero-order valence-electron chi connectivity index (χ0n) is 6.81. The lowest BCUT2D eigenvalue weighted by Gasteiger charge is -1.91. The molecule has 2 heterocycles. The van der Waals surface area contributed by atoms with Gasteiger partial charge in [0.15, 0.2) is 5.13 Å². The van der Waals surface area contributed by atoms with Crippen LogP contribution in [-0.2, 0) is 7.05 Å². The summed E-state index contributed by atoms with van der Waals surface area (Å²) in [5.74, 6) is 5.17. The lowest BCUT2D eigenvalue weighted by molar-refractivity contribution is 0.719. The number of hydrogen-bond donors (Lipinski definition) is 2. The Kier molecular flexibility index (Phi) is 1.74. The summed E-state index contributed by atoms with van der Waals surface area (Å²) in [7, 11) is 1.59. The quantitative estimate of drug-likeness (QED) is 0.483. The van der Waals surface area contributed by atoms with Crippen molar-refractivity contribution in [3.63, 3.8) is 0 Å². The van der Waals surface area contributed by atoms with Crippen LogP contribution in [0.5, 0.6) is 0 Å². The van der Waals surface area contributed by atoms with E-state index < -0.39 is 0 Å². The molecule has 13 heavy (non-hydrogen) atoms. The van der Waals surface area contributed by atoms with Crippen LogP contribution < -0.4 is 16.8 Å². The number of rotatable bonds is 1. The molecule has 68 valence electrons. The molecular formula is C6H7N5OS. The second-order valence-corrected chi connectivity index (χ2v) is 3.45. The molecule has 0 unspecified atom stereocenters. The number of hydrazine groups is 1. The highest BCUT2D eigenvalue weighted by Gasteiger charge is 2.07. The van der Waals surface area contributed by atoms with Crippen molar-refractivity contribution in [3.05, 3.63) is 16.6 Å². The fourth-order valence-electron chi connectivity index (χ4n) is 0.975. The summed E-state index contributed by atoms with van der Waals surface area (Å²) in [4.78, 5) is 15.5. The molecule has 0 amide bonds. The van der Waals surface area contributed by atoms with Crippen molar-refractivity contribution < 1.29 is 0 Å². The summed E-state index contributed by atoms with van der Waals surface area (Å²) in [6, 6.07) is 0. The maximum Gasteiger partial charge on any atom is 0.286 e. The van der Waals surface area contributed by atoms with E-state index in [2.05, 4.69) is 15.5 Å². The topological polar surface area (TPSA) is 85.8 Å². The van der Waals surface area contributed by atoms with Gasteiger partial charge in [0.05, 0.1) is 6.20 Å². The standard InChI is InChI=1S/C6H7N5OS/c1-11-5(12)4-3(2-8-11)9-6(10-7)13-4/h2H,7H2,1H3,(H,9,10). The molecule has 2 rings (SSSR count). The Balaban J connectivity index is 2.84. The Morgan fingerprint density at radius 1 is 1.69 bits per heavy atom. The van der Waals surface area contributed by atoms with E-state index in [1.54, 1.807) is 7.05 Å². The molecule has 0 spiro atoms. The minimum absolute atomic E-state index is 0.156. The smallest absolute Gasteiger partial charge is 0.286 e. The van der Waals surface area contributed by atoms with Crippen LogP contribution in [0.15, 0.2) is 11.0 Å². The van der Waals surface area contributed by atoms with Crippen LogP contribution in [0.2, 0.25) is 0 Å². The lowest BCUT2D eigenvalue weighted by atomic mass is 10.5. The highest BCUT2D eigenvalue weighted by atomic mass is 32.1. The molecule has 0 aliphatic carbocycles. The van der Waals surface area contributed by atoms with Crippen LogP contribution in [0.1, 0.15) is 0 Å². The molecule has 0 fully saturated rings. The molecule has 6 nitrogen and oxygen atoms in total. The summed E-state index contributed by atoms with van der Waals surface area (Å²) in [5.41, 5.74) is 2.81. The van der Waals surface area contributed by atoms with Crippen molar-refractivity contribution in [1.29, 1.82) is 0 Å². The number of nitrogens with one attached hydrogen (secondary N) is 1. The lowest BCUT2D eigenvalue weighted by Crippen LogP contribution is -2.17. The summed E-state index contributed by atoms with van der Waals surface area (Å²) in [6.45, 7) is 0. The fourth-order valence-corrected chi connectivity index (χ4v) is 1.79. The Labute approximate surface area is 77.0 Å². The van der Waals surface area contributed by atoms with Crippen LogP contribution in [-0.4, -0.2) is 14.8 Å². The molecule has 7 heteroatoms. The zero-order chi connectivity index (χ0) is 9.42. The fraction of sp³-hybridized carbons (Fsp3) is 0.167. The largest absolute Gasteiger partial charge is 0.300 e. The van der Waals surface area contributed by atoms with Crippen LogP contribution in [0.3, 0.4) is 0 Å². The van der Waals surface area contributed by atoms with Gasteiger partial charge in [-0.15, -0.1) is 0 Å². The molecule has 0 bridgehead atoms. The third-order valence-corrected chi connectivity index (χ3v) is 2.61. The first-order valence-corrected chi connectivity index (χ1v) is 4.33. The number of aromatic nitrogens is 3. The van der Waals surface area contributed by atoms with E-state index in [0.29, 0.717) is 15.3 Å². The molecule has 3 N–H and O–H groups in total. The molecule has 0 atom stereocenters. The minimum atomic E-state index is -0.156. The van der Waals surface area contributed by atoms with E-state index in [1.807, 2.05) is 0 Å². The van der Waals surface area contributed by atoms with Gasteiger partial charge >= 0.3 is 0 Å². The van der Waals surface area contributed by atoms with Crippen LogP contribution >= 0.6 is 11.3 Å². The second-order valence-electron chi connectivity index (χ2n) is 2.45. The number of aryl methyl sites for hydroxylation is 1. The SMILES string of the molecule is Cn1ncc2nc(NN)sc2c1=O. The van der Waals surface area contributed by atoms with Gasteiger partial charge in [-0.3, -0.25) is 10.2 Å². The molecule has 0 aliphatic heterocycles. The predicted molar refractivity (Wildman–Crippen MR) is 50.5 cm³/mol. The normalized spacial score (nSPS) is 10.6. The molecule has 0 aliphatic rings. The molecule has 0 aromatic carbocycles. The number of hydrogen-bond acceptors (Lipinski definition) is 6. The first-order valence-electron chi connectivity index (χ1n) is 3.52. The number of nitrogens with zero attached hydrogens (tertiary/aromatic N) is 3. The van der Waals surface area contributed by atoms with Crippen molar-refractivity contribution in [2.24, 2.45) is 12.9 Å². The van der Waals surface area contributed by atoms with Crippen molar-refractivity contribution in [3.8, 4) is 0 Å². The average molecular weight is 197 g/mol. The molecular weight excluding hydrogens is 190 g/mol. The van der Waals surface area contributed by atoms with E-state index in [9.17, 15) is 4.79 Å². The molecule has 0 radical (unpaired) electrons. The maximum absolute atomic E-state index is 11.5. The highest BCUT2D eigenvalue weighted by molar-refractivity contribution is 7.22. The van der Waals surface area contributed by atoms with E-state index in [4.69, 9.17) is 5.84 Å². The van der Waals surface area contributed by atoms with Crippen molar-refractivity contribution in [2.45, 2.75) is 0 Å². The summed E-state index contributed by atoms with van der Waals surface area (Å²) in [6.07, 6.45) is 1.54. The third kappa shape index (κ3) is 1.18. The Hall–Kier alpha value is -1.47. The van der Waals surface area contributed by atoms with Gasteiger partial charge in [-0.05, 0) is 0 Å². The number of fused-ring (bicyclic) bond motifs is 1. The maximum atomic E-state index is 11.5. The molecule has 0 saturated carbocycles. The van der Waals surface area contributed by atoms with Crippen molar-refractivity contribution in [2.75, 3.05) is 5.43 Å². The first kappa shape index (κ1) is 8.14. The predicted octanol–water partition coefficient (Wildman–Crippen LogP) is -0.324. The number of nitrogens with two attached hydrogens (primary N) is 1. The van der Waals surface area contributed by atoms with Crippen LogP contribution in [0.4, 0.5) is 5.13 Å². The summed E-state index contributed by atoms with van der Waals surface area (Å²) in [5, 5.41) is 4.35. The number of anilines is 1. The Morgan fingerprint density at radius 2 is 2.46 bits per heavy atom. The van der Waals surface area contributed by atoms with Gasteiger partial charge in [0.2, 0.25) is 0 Å². The molecule has 0 saturated heterocycles. The number of thiazole rings is 1. The van der Waals surface area contributed by atoms with Gasteiger partial charge in [-0.2, -0.15) is 5.10 Å². The second kappa shape index (κ2) is 2.79. The van der Waals surface area contributed by atoms with Gasteiger partial charge in [-0.1, -0.05) is 11.3 Å². The van der Waals surface area contributed by atoms with Gasteiger partial charge < -0.3 is 0 Å². The van der Waals surface area contributed by atoms with E-state index in [-0.39, 0.29) is 5.56 Å². The van der Waals surface area contributed by atoms with E-state index >= 15 is 0 Å². The van der Waals surface area contributed by atoms with E-state index in [0.717, 1.165) is 0 Å². The third-order valence-electron chi connectivity index (χ3n) is 1.62. The minimum Gasteiger partial charge on any atom is -0.300 e. The molecule has 2 aromatic rings. The summed E-state index contributed by atoms with van der Waals surface area (Å²) < 4.78 is 1.83. The monoisotopic (exact) mass is 197 g/mol. The average Bonchev–Trinajstić information content (AvgIpc) is 2.55. The van der Waals surface area contributed by atoms with Gasteiger partial charge in [0.1, 0.15) is 10.2 Å². The van der Waals surface area contributed by atoms with Crippen molar-refractivity contribution >= 4 is 26.7 Å². The van der Waals surface area contributed by atoms with Gasteiger partial charge in [-0.25, -0.2) is 15.5 Å². The van der Waals surface area contributed by atoms with Crippen LogP contribution in [0, 0.1) is 0 Å². The van der Waals surface area contributed by atoms with Gasteiger partial charge in [0.25, 0.3) is 5.56 Å². The van der Waals surface area contributed by atoms with E-state index in [1.165, 1.54) is 22.2 Å². The molecule has 2 aromatic heterocycles. The van der Waals surface area contributed by atoms with Crippen LogP contribution in [0.25, 0.3) is 10.2 Å². The number of nitrogen functional groups attached to an aromatic ring is 1.